The number of furan rings is 1. The summed E-state index contributed by atoms with van der Waals surface area (Å²) in [6.07, 6.45) is 2.52. The lowest BCUT2D eigenvalue weighted by atomic mass is 10.2. The number of carbonyl (C=O) groups excluding carboxylic acids is 1. The lowest BCUT2D eigenvalue weighted by molar-refractivity contribution is -0.385. The van der Waals surface area contributed by atoms with E-state index in [1.807, 2.05) is 0 Å². The van der Waals surface area contributed by atoms with Crippen LogP contribution >= 0.6 is 11.6 Å². The zero-order valence-corrected chi connectivity index (χ0v) is 17.8. The van der Waals surface area contributed by atoms with Gasteiger partial charge in [0.15, 0.2) is 17.3 Å². The third-order valence-electron chi connectivity index (χ3n) is 4.42. The second-order valence-corrected chi connectivity index (χ2v) is 7.05. The second kappa shape index (κ2) is 9.37. The molecule has 2 heterocycles. The number of halogens is 1. The van der Waals surface area contributed by atoms with Gasteiger partial charge in [-0.15, -0.1) is 0 Å². The molecule has 0 bridgehead atoms. The van der Waals surface area contributed by atoms with E-state index in [2.05, 4.69) is 15.5 Å². The van der Waals surface area contributed by atoms with Gasteiger partial charge < -0.3 is 13.9 Å². The monoisotopic (exact) mass is 466 g/mol. The summed E-state index contributed by atoms with van der Waals surface area (Å²) in [6.45, 7) is 0. The van der Waals surface area contributed by atoms with Crippen molar-refractivity contribution in [3.63, 3.8) is 0 Å². The van der Waals surface area contributed by atoms with Gasteiger partial charge in [-0.25, -0.2) is 10.4 Å². The molecule has 0 radical (unpaired) electrons. The maximum atomic E-state index is 12.3. The number of ether oxygens (including phenoxy) is 2. The van der Waals surface area contributed by atoms with Gasteiger partial charge in [0.05, 0.1) is 18.2 Å². The summed E-state index contributed by atoms with van der Waals surface area (Å²) in [5.74, 6) is 0.469. The third-order valence-corrected chi connectivity index (χ3v) is 4.65. The van der Waals surface area contributed by atoms with Crippen LogP contribution in [0, 0.1) is 10.1 Å². The largest absolute Gasteiger partial charge is 0.493 e. The van der Waals surface area contributed by atoms with E-state index in [-0.39, 0.29) is 17.3 Å². The fraction of sp³-hybridized carbons (Fsp3) is 0.0455. The molecule has 0 spiro atoms. The fourth-order valence-electron chi connectivity index (χ4n) is 2.85. The highest BCUT2D eigenvalue weighted by molar-refractivity contribution is 6.31. The molecular weight excluding hydrogens is 452 g/mol. The van der Waals surface area contributed by atoms with Gasteiger partial charge in [-0.3, -0.25) is 14.9 Å². The number of hydrogen-bond acceptors (Lipinski definition) is 8. The van der Waals surface area contributed by atoms with E-state index in [0.29, 0.717) is 33.1 Å². The number of amides is 1. The van der Waals surface area contributed by atoms with Gasteiger partial charge in [0.25, 0.3) is 5.69 Å². The Morgan fingerprint density at radius 3 is 2.76 bits per heavy atom. The number of pyridine rings is 1. The van der Waals surface area contributed by atoms with Gasteiger partial charge in [-0.2, -0.15) is 5.10 Å². The number of nitro groups is 1. The van der Waals surface area contributed by atoms with Gasteiger partial charge in [-0.1, -0.05) is 11.6 Å². The molecule has 0 aliphatic rings. The van der Waals surface area contributed by atoms with Gasteiger partial charge >= 0.3 is 5.91 Å². The van der Waals surface area contributed by atoms with Gasteiger partial charge in [0.1, 0.15) is 11.8 Å². The lowest BCUT2D eigenvalue weighted by Crippen LogP contribution is -2.16. The van der Waals surface area contributed by atoms with E-state index >= 15 is 0 Å². The average molecular weight is 467 g/mol. The minimum absolute atomic E-state index is 0.0985. The summed E-state index contributed by atoms with van der Waals surface area (Å²) in [4.78, 5) is 26.4. The lowest BCUT2D eigenvalue weighted by Gasteiger charge is -2.10. The van der Waals surface area contributed by atoms with E-state index in [1.54, 1.807) is 42.5 Å². The molecule has 166 valence electrons. The summed E-state index contributed by atoms with van der Waals surface area (Å²) < 4.78 is 16.5. The number of aromatic nitrogens is 1. The highest BCUT2D eigenvalue weighted by Crippen LogP contribution is 2.31. The van der Waals surface area contributed by atoms with Crippen molar-refractivity contribution >= 4 is 40.4 Å². The minimum atomic E-state index is -0.548. The summed E-state index contributed by atoms with van der Waals surface area (Å²) >= 11 is 5.94. The van der Waals surface area contributed by atoms with Crippen molar-refractivity contribution in [2.75, 3.05) is 7.11 Å². The number of fused-ring (bicyclic) bond motifs is 1. The number of methoxy groups -OCH3 is 1. The molecular formula is C22H15ClN4O6. The number of hydrogen-bond donors (Lipinski definition) is 1. The van der Waals surface area contributed by atoms with Crippen LogP contribution < -0.4 is 14.9 Å². The average Bonchev–Trinajstić information content (AvgIpc) is 3.23. The Kier molecular flexibility index (Phi) is 6.18. The SMILES string of the molecule is COc1cc(/C=N/NC(=O)c2cc3cc(Cl)ccc3o2)ccc1Oc1ccc([N+](=O)[O-])cn1. The molecule has 0 unspecified atom stereocenters. The molecule has 2 aromatic heterocycles. The Morgan fingerprint density at radius 1 is 1.18 bits per heavy atom. The van der Waals surface area contributed by atoms with E-state index < -0.39 is 10.8 Å². The summed E-state index contributed by atoms with van der Waals surface area (Å²) in [6, 6.07) is 14.2. The highest BCUT2D eigenvalue weighted by Gasteiger charge is 2.13. The molecule has 33 heavy (non-hydrogen) atoms. The summed E-state index contributed by atoms with van der Waals surface area (Å²) in [5.41, 5.74) is 3.41. The first-order valence-electron chi connectivity index (χ1n) is 9.42. The number of carbonyl (C=O) groups is 1. The molecule has 10 nitrogen and oxygen atoms in total. The number of nitrogens with zero attached hydrogens (tertiary/aromatic N) is 3. The Bertz CT molecular complexity index is 1370. The van der Waals surface area contributed by atoms with E-state index in [0.717, 1.165) is 6.20 Å². The Balaban J connectivity index is 1.43. The summed E-state index contributed by atoms with van der Waals surface area (Å²) in [7, 11) is 1.46. The molecule has 0 saturated carbocycles. The molecule has 4 aromatic rings. The van der Waals surface area contributed by atoms with Crippen LogP contribution in [-0.4, -0.2) is 29.1 Å². The summed E-state index contributed by atoms with van der Waals surface area (Å²) in [5, 5.41) is 15.9. The Morgan fingerprint density at radius 2 is 2.03 bits per heavy atom. The number of rotatable bonds is 7. The van der Waals surface area contributed by atoms with Crippen LogP contribution in [0.1, 0.15) is 16.1 Å². The molecule has 0 atom stereocenters. The maximum Gasteiger partial charge on any atom is 0.307 e. The first-order valence-corrected chi connectivity index (χ1v) is 9.79. The molecule has 2 aromatic carbocycles. The number of hydrazone groups is 1. The molecule has 11 heteroatoms. The second-order valence-electron chi connectivity index (χ2n) is 6.62. The van der Waals surface area contributed by atoms with Crippen molar-refractivity contribution in [2.24, 2.45) is 5.10 Å². The van der Waals surface area contributed by atoms with Crippen LogP contribution in [-0.2, 0) is 0 Å². The molecule has 1 amide bonds. The molecule has 0 aliphatic carbocycles. The van der Waals surface area contributed by atoms with Crippen LogP contribution in [0.25, 0.3) is 11.0 Å². The van der Waals surface area contributed by atoms with Crippen LogP contribution in [0.15, 0.2) is 70.3 Å². The molecule has 0 aliphatic heterocycles. The van der Waals surface area contributed by atoms with Crippen molar-refractivity contribution < 1.29 is 23.6 Å². The molecule has 1 N–H and O–H groups in total. The number of benzene rings is 2. The van der Waals surface area contributed by atoms with Crippen molar-refractivity contribution in [2.45, 2.75) is 0 Å². The van der Waals surface area contributed by atoms with Crippen LogP contribution in [0.3, 0.4) is 0 Å². The Hall–Kier alpha value is -4.44. The first-order chi connectivity index (χ1) is 15.9. The topological polar surface area (TPSA) is 129 Å². The van der Waals surface area contributed by atoms with Crippen molar-refractivity contribution in [3.8, 4) is 17.4 Å². The molecule has 0 saturated heterocycles. The standard InChI is InChI=1S/C22H15ClN4O6/c1-31-19-8-13(2-5-18(19)33-21-7-4-16(12-24-21)27(29)30)11-25-26-22(28)20-10-14-9-15(23)3-6-17(14)32-20/h2-12H,1H3,(H,26,28)/b25-11+. The predicted molar refractivity (Wildman–Crippen MR) is 120 cm³/mol. The van der Waals surface area contributed by atoms with Gasteiger partial charge in [0, 0.05) is 22.5 Å². The van der Waals surface area contributed by atoms with Gasteiger partial charge in [-0.05, 0) is 48.0 Å². The van der Waals surface area contributed by atoms with Crippen LogP contribution in [0.4, 0.5) is 5.69 Å². The highest BCUT2D eigenvalue weighted by atomic mass is 35.5. The normalized spacial score (nSPS) is 11.0. The predicted octanol–water partition coefficient (Wildman–Crippen LogP) is 4.95. The van der Waals surface area contributed by atoms with E-state index in [9.17, 15) is 14.9 Å². The van der Waals surface area contributed by atoms with Crippen molar-refractivity contribution in [3.05, 3.63) is 87.3 Å². The quantitative estimate of drug-likeness (QED) is 0.231. The van der Waals surface area contributed by atoms with E-state index in [4.69, 9.17) is 25.5 Å². The van der Waals surface area contributed by atoms with Crippen molar-refractivity contribution in [1.82, 2.24) is 10.4 Å². The zero-order chi connectivity index (χ0) is 23.4. The van der Waals surface area contributed by atoms with Crippen molar-refractivity contribution in [1.29, 1.82) is 0 Å². The minimum Gasteiger partial charge on any atom is -0.493 e. The molecule has 0 fully saturated rings. The maximum absolute atomic E-state index is 12.3. The first kappa shape index (κ1) is 21.8. The van der Waals surface area contributed by atoms with Crippen LogP contribution in [0.5, 0.6) is 17.4 Å². The van der Waals surface area contributed by atoms with E-state index in [1.165, 1.54) is 25.5 Å². The fourth-order valence-corrected chi connectivity index (χ4v) is 3.03. The van der Waals surface area contributed by atoms with Crippen LogP contribution in [0.2, 0.25) is 5.02 Å². The Labute approximate surface area is 191 Å². The van der Waals surface area contributed by atoms with Gasteiger partial charge in [0.2, 0.25) is 5.88 Å². The zero-order valence-electron chi connectivity index (χ0n) is 17.0. The molecule has 4 rings (SSSR count). The third kappa shape index (κ3) is 5.08. The number of nitrogens with one attached hydrogen (secondary N) is 1. The smallest absolute Gasteiger partial charge is 0.307 e.